The maximum absolute atomic E-state index is 13.7. The minimum atomic E-state index is -4.52. The van der Waals surface area contributed by atoms with Gasteiger partial charge in [0.25, 0.3) is 0 Å². The Morgan fingerprint density at radius 1 is 1.33 bits per heavy atom. The van der Waals surface area contributed by atoms with E-state index < -0.39 is 11.7 Å². The molecule has 3 aromatic heterocycles. The summed E-state index contributed by atoms with van der Waals surface area (Å²) in [5, 5.41) is 11.2. The summed E-state index contributed by atoms with van der Waals surface area (Å²) in [5.41, 5.74) is 1.78. The molecule has 3 aromatic rings. The molecule has 0 aromatic carbocycles. The molecule has 7 nitrogen and oxygen atoms in total. The third-order valence-corrected chi connectivity index (χ3v) is 5.61. The lowest BCUT2D eigenvalue weighted by atomic mass is 10.1. The van der Waals surface area contributed by atoms with E-state index in [9.17, 15) is 18.0 Å². The Bertz CT molecular complexity index is 1130. The Morgan fingerprint density at radius 2 is 2.03 bits per heavy atom. The Labute approximate surface area is 171 Å². The molecule has 1 aliphatic rings. The first-order chi connectivity index (χ1) is 14.1. The van der Waals surface area contributed by atoms with Crippen molar-refractivity contribution in [3.8, 4) is 0 Å². The standard InChI is InChI=1S/C20H23F3N6O/c1-10(14-8-24-28(4)12(14)3)25-17(30)9-29-19-18(11(2)27-29)15(20(21,22)23)7-16(26-19)13-5-6-13/h7-8,10,13H,5-6,9H2,1-4H3,(H,25,30)/t10-/m0/s1. The lowest BCUT2D eigenvalue weighted by Crippen LogP contribution is -2.30. The van der Waals surface area contributed by atoms with Crippen molar-refractivity contribution < 1.29 is 18.0 Å². The molecular formula is C20H23F3N6O. The van der Waals surface area contributed by atoms with E-state index in [0.29, 0.717) is 5.69 Å². The molecule has 160 valence electrons. The van der Waals surface area contributed by atoms with Gasteiger partial charge in [-0.05, 0) is 39.7 Å². The molecule has 0 spiro atoms. The maximum atomic E-state index is 13.7. The largest absolute Gasteiger partial charge is 0.417 e. The van der Waals surface area contributed by atoms with Crippen molar-refractivity contribution in [1.82, 2.24) is 29.9 Å². The van der Waals surface area contributed by atoms with Gasteiger partial charge in [0.2, 0.25) is 5.91 Å². The summed E-state index contributed by atoms with van der Waals surface area (Å²) in [5.74, 6) is -0.316. The fraction of sp³-hybridized carbons (Fsp3) is 0.500. The number of carbonyl (C=O) groups excluding carboxylic acids is 1. The molecule has 30 heavy (non-hydrogen) atoms. The van der Waals surface area contributed by atoms with E-state index in [-0.39, 0.29) is 41.1 Å². The highest BCUT2D eigenvalue weighted by Crippen LogP contribution is 2.43. The van der Waals surface area contributed by atoms with E-state index in [1.165, 1.54) is 11.6 Å². The van der Waals surface area contributed by atoms with E-state index in [2.05, 4.69) is 20.5 Å². The monoisotopic (exact) mass is 420 g/mol. The molecule has 4 rings (SSSR count). The van der Waals surface area contributed by atoms with E-state index >= 15 is 0 Å². The van der Waals surface area contributed by atoms with Crippen molar-refractivity contribution in [3.05, 3.63) is 40.5 Å². The van der Waals surface area contributed by atoms with E-state index in [1.807, 2.05) is 20.9 Å². The number of nitrogens with one attached hydrogen (secondary N) is 1. The second kappa shape index (κ2) is 7.10. The number of nitrogens with zero attached hydrogens (tertiary/aromatic N) is 5. The Morgan fingerprint density at radius 3 is 2.60 bits per heavy atom. The van der Waals surface area contributed by atoms with Crippen LogP contribution in [0.1, 0.15) is 59.9 Å². The highest BCUT2D eigenvalue weighted by Gasteiger charge is 2.37. The van der Waals surface area contributed by atoms with Crippen molar-refractivity contribution in [3.63, 3.8) is 0 Å². The first-order valence-corrected chi connectivity index (χ1v) is 9.79. The fourth-order valence-electron chi connectivity index (χ4n) is 3.74. The van der Waals surface area contributed by atoms with Crippen LogP contribution in [-0.2, 0) is 24.6 Å². The summed E-state index contributed by atoms with van der Waals surface area (Å²) >= 11 is 0. The SMILES string of the molecule is Cc1nn(CC(=O)N[C@@H](C)c2cnn(C)c2C)c2nc(C3CC3)cc(C(F)(F)F)c12. The van der Waals surface area contributed by atoms with Gasteiger partial charge < -0.3 is 5.32 Å². The predicted molar refractivity (Wildman–Crippen MR) is 104 cm³/mol. The molecule has 0 bridgehead atoms. The van der Waals surface area contributed by atoms with Gasteiger partial charge in [-0.3, -0.25) is 9.48 Å². The van der Waals surface area contributed by atoms with Crippen LogP contribution in [0.3, 0.4) is 0 Å². The summed E-state index contributed by atoms with van der Waals surface area (Å²) in [6, 6.07) is 0.835. The third kappa shape index (κ3) is 3.66. The number of pyridine rings is 1. The summed E-state index contributed by atoms with van der Waals surface area (Å²) in [4.78, 5) is 17.1. The molecule has 1 N–H and O–H groups in total. The summed E-state index contributed by atoms with van der Waals surface area (Å²) in [7, 11) is 1.81. The highest BCUT2D eigenvalue weighted by molar-refractivity contribution is 5.85. The van der Waals surface area contributed by atoms with Gasteiger partial charge in [0.15, 0.2) is 5.65 Å². The van der Waals surface area contributed by atoms with Gasteiger partial charge in [0, 0.05) is 29.9 Å². The number of rotatable bonds is 5. The molecule has 10 heteroatoms. The lowest BCUT2D eigenvalue weighted by Gasteiger charge is -2.14. The number of aryl methyl sites for hydroxylation is 2. The molecule has 1 atom stereocenters. The minimum Gasteiger partial charge on any atom is -0.348 e. The second-order valence-electron chi connectivity index (χ2n) is 7.91. The zero-order valence-corrected chi connectivity index (χ0v) is 17.2. The van der Waals surface area contributed by atoms with Crippen LogP contribution in [0.2, 0.25) is 0 Å². The average Bonchev–Trinajstić information content (AvgIpc) is 3.39. The van der Waals surface area contributed by atoms with Gasteiger partial charge >= 0.3 is 6.18 Å². The summed E-state index contributed by atoms with van der Waals surface area (Å²) < 4.78 is 44.0. The fourth-order valence-corrected chi connectivity index (χ4v) is 3.74. The van der Waals surface area contributed by atoms with E-state index in [0.717, 1.165) is 30.2 Å². The summed E-state index contributed by atoms with van der Waals surface area (Å²) in [6.45, 7) is 5.02. The molecule has 1 amide bonds. The topological polar surface area (TPSA) is 77.6 Å². The van der Waals surface area contributed by atoms with Crippen molar-refractivity contribution in [2.75, 3.05) is 0 Å². The zero-order valence-electron chi connectivity index (χ0n) is 17.2. The predicted octanol–water partition coefficient (Wildman–Crippen LogP) is 3.56. The zero-order chi connectivity index (χ0) is 21.8. The number of carbonyl (C=O) groups is 1. The van der Waals surface area contributed by atoms with Crippen LogP contribution < -0.4 is 5.32 Å². The van der Waals surface area contributed by atoms with Crippen molar-refractivity contribution in [2.24, 2.45) is 7.05 Å². The highest BCUT2D eigenvalue weighted by atomic mass is 19.4. The van der Waals surface area contributed by atoms with Gasteiger partial charge in [-0.1, -0.05) is 0 Å². The Kier molecular flexibility index (Phi) is 4.82. The van der Waals surface area contributed by atoms with Gasteiger partial charge in [0.1, 0.15) is 6.54 Å². The van der Waals surface area contributed by atoms with E-state index in [4.69, 9.17) is 0 Å². The first kappa shape index (κ1) is 20.4. The number of hydrogen-bond donors (Lipinski definition) is 1. The van der Waals surface area contributed by atoms with Crippen LogP contribution in [0, 0.1) is 13.8 Å². The molecule has 3 heterocycles. The van der Waals surface area contributed by atoms with Crippen molar-refractivity contribution in [2.45, 2.75) is 58.3 Å². The Balaban J connectivity index is 1.65. The number of hydrogen-bond acceptors (Lipinski definition) is 4. The molecule has 1 saturated carbocycles. The number of halogens is 3. The third-order valence-electron chi connectivity index (χ3n) is 5.61. The van der Waals surface area contributed by atoms with Crippen LogP contribution in [0.5, 0.6) is 0 Å². The maximum Gasteiger partial charge on any atom is 0.417 e. The van der Waals surface area contributed by atoms with Crippen LogP contribution in [0.4, 0.5) is 13.2 Å². The molecule has 1 aliphatic carbocycles. The molecule has 0 unspecified atom stereocenters. The number of alkyl halides is 3. The number of fused-ring (bicyclic) bond motifs is 1. The normalized spacial score (nSPS) is 15.6. The number of amides is 1. The van der Waals surface area contributed by atoms with Gasteiger partial charge in [-0.25, -0.2) is 9.67 Å². The van der Waals surface area contributed by atoms with Crippen molar-refractivity contribution in [1.29, 1.82) is 0 Å². The summed E-state index contributed by atoms with van der Waals surface area (Å²) in [6.07, 6.45) is -1.18. The van der Waals surface area contributed by atoms with Crippen LogP contribution in [-0.4, -0.2) is 30.5 Å². The van der Waals surface area contributed by atoms with Gasteiger partial charge in [0.05, 0.1) is 28.9 Å². The smallest absolute Gasteiger partial charge is 0.348 e. The lowest BCUT2D eigenvalue weighted by molar-refractivity contribution is -0.136. The average molecular weight is 420 g/mol. The van der Waals surface area contributed by atoms with Gasteiger partial charge in [-0.15, -0.1) is 0 Å². The molecular weight excluding hydrogens is 397 g/mol. The molecule has 0 radical (unpaired) electrons. The molecule has 0 aliphatic heterocycles. The van der Waals surface area contributed by atoms with Crippen LogP contribution in [0.15, 0.2) is 12.3 Å². The molecule has 0 saturated heterocycles. The first-order valence-electron chi connectivity index (χ1n) is 9.79. The van der Waals surface area contributed by atoms with Crippen LogP contribution >= 0.6 is 0 Å². The molecule has 1 fully saturated rings. The van der Waals surface area contributed by atoms with E-state index in [1.54, 1.807) is 10.9 Å². The second-order valence-corrected chi connectivity index (χ2v) is 7.91. The quantitative estimate of drug-likeness (QED) is 0.685. The minimum absolute atomic E-state index is 0.0431. The van der Waals surface area contributed by atoms with Crippen molar-refractivity contribution >= 4 is 16.9 Å². The van der Waals surface area contributed by atoms with Gasteiger partial charge in [-0.2, -0.15) is 23.4 Å². The Hall–Kier alpha value is -2.91. The van der Waals surface area contributed by atoms with Crippen LogP contribution in [0.25, 0.3) is 11.0 Å². The number of aromatic nitrogens is 5.